The van der Waals surface area contributed by atoms with Crippen LogP contribution < -0.4 is 0 Å². The van der Waals surface area contributed by atoms with E-state index in [4.69, 9.17) is 14.2 Å². The number of fused-ring (bicyclic) bond motifs is 5. The number of esters is 1. The van der Waals surface area contributed by atoms with Gasteiger partial charge in [-0.2, -0.15) is 0 Å². The third kappa shape index (κ3) is 3.99. The number of hydrogen-bond acceptors (Lipinski definition) is 12. The number of rotatable bonds is 4. The first-order valence-electron chi connectivity index (χ1n) is 14.9. The van der Waals surface area contributed by atoms with Crippen LogP contribution in [0, 0.1) is 28.6 Å². The fourth-order valence-electron chi connectivity index (χ4n) is 10.1. The number of aliphatic hydroxyl groups is 8. The van der Waals surface area contributed by atoms with E-state index in [2.05, 4.69) is 0 Å². The fraction of sp³-hybridized carbons (Fsp3) is 0.897. The maximum atomic E-state index is 12.4. The molecule has 0 unspecified atom stereocenters. The third-order valence-corrected chi connectivity index (χ3v) is 12.2. The van der Waals surface area contributed by atoms with E-state index in [1.807, 2.05) is 6.92 Å². The van der Waals surface area contributed by atoms with Crippen LogP contribution in [-0.2, 0) is 19.0 Å². The minimum Gasteiger partial charge on any atom is -0.458 e. The first-order chi connectivity index (χ1) is 19.2. The van der Waals surface area contributed by atoms with Gasteiger partial charge < -0.3 is 55.1 Å². The van der Waals surface area contributed by atoms with E-state index < -0.39 is 95.5 Å². The summed E-state index contributed by atoms with van der Waals surface area (Å²) in [4.78, 5) is 11.8. The minimum absolute atomic E-state index is 0.0369. The average molecular weight is 585 g/mol. The molecule has 0 aromatic rings. The number of cyclic esters (lactones) is 1. The van der Waals surface area contributed by atoms with Gasteiger partial charge in [-0.25, -0.2) is 4.79 Å². The fourth-order valence-corrected chi connectivity index (χ4v) is 10.1. The molecule has 1 saturated heterocycles. The zero-order valence-corrected chi connectivity index (χ0v) is 23.5. The topological polar surface area (TPSA) is 207 Å². The summed E-state index contributed by atoms with van der Waals surface area (Å²) in [6.45, 7) is 3.00. The van der Waals surface area contributed by atoms with Crippen LogP contribution in [0.1, 0.15) is 58.8 Å². The van der Waals surface area contributed by atoms with E-state index in [-0.39, 0.29) is 38.2 Å². The first kappa shape index (κ1) is 29.9. The summed E-state index contributed by atoms with van der Waals surface area (Å²) >= 11 is 0. The minimum atomic E-state index is -1.67. The molecule has 6 aliphatic rings. The lowest BCUT2D eigenvalue weighted by atomic mass is 9.40. The average Bonchev–Trinajstić information content (AvgIpc) is 3.45. The van der Waals surface area contributed by atoms with E-state index in [0.717, 1.165) is 5.57 Å². The number of aliphatic hydroxyl groups excluding tert-OH is 6. The Balaban J connectivity index is 1.28. The van der Waals surface area contributed by atoms with Gasteiger partial charge >= 0.3 is 5.97 Å². The van der Waals surface area contributed by atoms with Crippen LogP contribution in [0.2, 0.25) is 0 Å². The van der Waals surface area contributed by atoms with Gasteiger partial charge in [0.2, 0.25) is 0 Å². The molecule has 0 spiro atoms. The maximum Gasteiger partial charge on any atom is 0.331 e. The molecule has 0 aromatic carbocycles. The molecule has 6 rings (SSSR count). The third-order valence-electron chi connectivity index (χ3n) is 12.2. The van der Waals surface area contributed by atoms with Gasteiger partial charge in [-0.15, -0.1) is 0 Å². The molecule has 2 heterocycles. The Bertz CT molecular complexity index is 1080. The van der Waals surface area contributed by atoms with Gasteiger partial charge in [0.1, 0.15) is 24.9 Å². The van der Waals surface area contributed by atoms with Gasteiger partial charge in [0.15, 0.2) is 6.29 Å². The van der Waals surface area contributed by atoms with Crippen LogP contribution in [0.25, 0.3) is 0 Å². The summed E-state index contributed by atoms with van der Waals surface area (Å²) in [6.07, 6.45) is -6.68. The van der Waals surface area contributed by atoms with E-state index >= 15 is 0 Å². The Labute approximate surface area is 238 Å². The molecule has 0 radical (unpaired) electrons. The van der Waals surface area contributed by atoms with Gasteiger partial charge in [-0.3, -0.25) is 0 Å². The van der Waals surface area contributed by atoms with Crippen LogP contribution in [0.5, 0.6) is 0 Å². The lowest BCUT2D eigenvalue weighted by Crippen LogP contribution is -2.76. The summed E-state index contributed by atoms with van der Waals surface area (Å²) in [6, 6.07) is 0. The molecule has 8 N–H and O–H groups in total. The molecular weight excluding hydrogens is 540 g/mol. The quantitative estimate of drug-likeness (QED) is 0.140. The van der Waals surface area contributed by atoms with Crippen molar-refractivity contribution in [2.24, 2.45) is 28.6 Å². The van der Waals surface area contributed by atoms with Crippen LogP contribution >= 0.6 is 0 Å². The number of ether oxygens (including phenoxy) is 3. The standard InChI is InChI=1S/C29H44O12/c1-13-22(34)23(35)24(36)25(40-13)41-15-8-19(32)28(12-30)21-17(3-5-27(28,37)9-15)29(38)6-4-16(14-7-20(33)39-11-14)26(29,2)10-18(21)31/h7,13,15-19,21-25,30-32,34-38H,3-6,8-12H2,1-2H3/t13-,15+,16+,17-,18+,19-,21+,22-,23+,24+,25+,26-,27-,28+,29+/m0/s1. The highest BCUT2D eigenvalue weighted by atomic mass is 16.7. The van der Waals surface area contributed by atoms with Crippen molar-refractivity contribution in [1.29, 1.82) is 0 Å². The number of carbonyl (C=O) groups excluding carboxylic acids is 1. The zero-order chi connectivity index (χ0) is 29.7. The van der Waals surface area contributed by atoms with Crippen LogP contribution in [0.15, 0.2) is 11.6 Å². The molecule has 4 aliphatic carbocycles. The number of hydrogen-bond donors (Lipinski definition) is 8. The van der Waals surface area contributed by atoms with Crippen molar-refractivity contribution in [2.75, 3.05) is 13.2 Å². The largest absolute Gasteiger partial charge is 0.458 e. The van der Waals surface area contributed by atoms with Crippen LogP contribution in [0.4, 0.5) is 0 Å². The molecule has 15 atom stereocenters. The van der Waals surface area contributed by atoms with Crippen molar-refractivity contribution < 1.29 is 59.9 Å². The molecule has 2 aliphatic heterocycles. The van der Waals surface area contributed by atoms with Crippen molar-refractivity contribution >= 4 is 5.97 Å². The number of carbonyl (C=O) groups is 1. The van der Waals surface area contributed by atoms with Crippen molar-refractivity contribution in [3.8, 4) is 0 Å². The highest BCUT2D eigenvalue weighted by molar-refractivity contribution is 5.85. The molecule has 0 bridgehead atoms. The molecule has 232 valence electrons. The molecule has 5 fully saturated rings. The summed E-state index contributed by atoms with van der Waals surface area (Å²) in [5.41, 5.74) is -4.46. The normalized spacial score (nSPS) is 56.9. The van der Waals surface area contributed by atoms with E-state index in [0.29, 0.717) is 19.3 Å². The lowest BCUT2D eigenvalue weighted by Gasteiger charge is -2.68. The predicted octanol–water partition coefficient (Wildman–Crippen LogP) is -1.51. The monoisotopic (exact) mass is 584 g/mol. The Hall–Kier alpha value is -1.19. The van der Waals surface area contributed by atoms with Gasteiger partial charge in [0, 0.05) is 30.3 Å². The second kappa shape index (κ2) is 9.91. The summed E-state index contributed by atoms with van der Waals surface area (Å²) in [5, 5.41) is 89.6. The smallest absolute Gasteiger partial charge is 0.331 e. The lowest BCUT2D eigenvalue weighted by molar-refractivity contribution is -0.342. The van der Waals surface area contributed by atoms with Gasteiger partial charge in [0.25, 0.3) is 0 Å². The van der Waals surface area contributed by atoms with Crippen molar-refractivity contribution in [3.05, 3.63) is 11.6 Å². The Morgan fingerprint density at radius 1 is 1.02 bits per heavy atom. The highest BCUT2D eigenvalue weighted by Gasteiger charge is 2.75. The Morgan fingerprint density at radius 3 is 2.41 bits per heavy atom. The first-order valence-corrected chi connectivity index (χ1v) is 14.9. The second-order valence-electron chi connectivity index (χ2n) is 13.8. The highest BCUT2D eigenvalue weighted by Crippen LogP contribution is 2.70. The molecular formula is C29H44O12. The van der Waals surface area contributed by atoms with Crippen molar-refractivity contribution in [3.63, 3.8) is 0 Å². The summed E-state index contributed by atoms with van der Waals surface area (Å²) < 4.78 is 16.7. The van der Waals surface area contributed by atoms with E-state index in [1.165, 1.54) is 13.0 Å². The van der Waals surface area contributed by atoms with Crippen LogP contribution in [-0.4, -0.2) is 120 Å². The summed E-state index contributed by atoms with van der Waals surface area (Å²) in [5.74, 6) is -1.93. The van der Waals surface area contributed by atoms with Crippen molar-refractivity contribution in [2.45, 2.75) is 119 Å². The maximum absolute atomic E-state index is 12.4. The van der Waals surface area contributed by atoms with Gasteiger partial charge in [-0.1, -0.05) is 6.92 Å². The Morgan fingerprint density at radius 2 is 1.76 bits per heavy atom. The van der Waals surface area contributed by atoms with E-state index in [9.17, 15) is 45.6 Å². The van der Waals surface area contributed by atoms with Crippen molar-refractivity contribution in [1.82, 2.24) is 0 Å². The SMILES string of the molecule is C[C@@H]1O[C@H](O[C@@H]2C[C@H](O)[C@]3(CO)[C@H]4[C@H](O)C[C@@]5(C)[C@@H](C6=CC(=O)OC6)CC[C@@]5(O)[C@H]4CC[C@]3(O)C2)[C@H](O)[C@H](O)[C@H]1O. The molecule has 12 nitrogen and oxygen atoms in total. The van der Waals surface area contributed by atoms with Crippen LogP contribution in [0.3, 0.4) is 0 Å². The van der Waals surface area contributed by atoms with E-state index in [1.54, 1.807) is 0 Å². The molecule has 4 saturated carbocycles. The Kier molecular flexibility index (Phi) is 7.22. The summed E-state index contributed by atoms with van der Waals surface area (Å²) in [7, 11) is 0. The van der Waals surface area contributed by atoms with Gasteiger partial charge in [0.05, 0.1) is 47.6 Å². The molecule has 41 heavy (non-hydrogen) atoms. The molecule has 0 amide bonds. The molecule has 12 heteroatoms. The predicted molar refractivity (Wildman–Crippen MR) is 139 cm³/mol. The molecule has 0 aromatic heterocycles. The second-order valence-corrected chi connectivity index (χ2v) is 13.8. The zero-order valence-electron chi connectivity index (χ0n) is 23.5. The van der Waals surface area contributed by atoms with Gasteiger partial charge in [-0.05, 0) is 56.4 Å².